The molecule has 2 aliphatic heterocycles. The number of carbonyl (C=O) groups is 5. The van der Waals surface area contributed by atoms with Crippen LogP contribution in [-0.2, 0) is 19.2 Å². The van der Waals surface area contributed by atoms with Crippen LogP contribution < -0.4 is 9.80 Å². The van der Waals surface area contributed by atoms with E-state index >= 15 is 8.78 Å². The Morgan fingerprint density at radius 1 is 0.745 bits per heavy atom. The molecular weight excluding hydrogens is 770 g/mol. The molecule has 8 rings (SSSR count). The molecule has 55 heavy (non-hydrogen) atoms. The van der Waals surface area contributed by atoms with Gasteiger partial charge in [-0.3, -0.25) is 28.9 Å². The Morgan fingerprint density at radius 3 is 1.96 bits per heavy atom. The van der Waals surface area contributed by atoms with Crippen LogP contribution in [0.15, 0.2) is 84.4 Å². The van der Waals surface area contributed by atoms with Crippen molar-refractivity contribution in [2.45, 2.75) is 35.4 Å². The first-order valence-corrected chi connectivity index (χ1v) is 17.7. The predicted molar refractivity (Wildman–Crippen MR) is 188 cm³/mol. The van der Waals surface area contributed by atoms with Gasteiger partial charge in [-0.2, -0.15) is 0 Å². The summed E-state index contributed by atoms with van der Waals surface area (Å²) in [5, 5.41) is 10.3. The molecule has 4 aromatic rings. The second-order valence-electron chi connectivity index (χ2n) is 14.0. The van der Waals surface area contributed by atoms with E-state index in [1.165, 1.54) is 49.4 Å². The zero-order valence-corrected chi connectivity index (χ0v) is 29.8. The van der Waals surface area contributed by atoms with Gasteiger partial charge in [0.25, 0.3) is 11.8 Å². The van der Waals surface area contributed by atoms with Gasteiger partial charge in [0.2, 0.25) is 17.6 Å². The summed E-state index contributed by atoms with van der Waals surface area (Å²) in [5.41, 5.74) is -0.303. The number of hydrogen-bond acceptors (Lipinski definition) is 6. The topological polar surface area (TPSA) is 112 Å². The minimum Gasteiger partial charge on any atom is -0.508 e. The van der Waals surface area contributed by atoms with Crippen LogP contribution in [0, 0.1) is 53.8 Å². The van der Waals surface area contributed by atoms with Gasteiger partial charge in [0.05, 0.1) is 17.5 Å². The first-order valence-electron chi connectivity index (χ1n) is 16.9. The second-order valence-corrected chi connectivity index (χ2v) is 15.2. The molecule has 1 saturated carbocycles. The lowest BCUT2D eigenvalue weighted by atomic mass is 9.56. The van der Waals surface area contributed by atoms with Crippen LogP contribution in [-0.4, -0.2) is 44.3 Å². The van der Waals surface area contributed by atoms with E-state index < -0.39 is 98.2 Å². The quantitative estimate of drug-likeness (QED) is 0.0429. The number of anilines is 2. The summed E-state index contributed by atoms with van der Waals surface area (Å²) in [5.74, 6) is -22.1. The summed E-state index contributed by atoms with van der Waals surface area (Å²) in [4.78, 5) is 65.6. The summed E-state index contributed by atoms with van der Waals surface area (Å²) in [6.45, 7) is 1.51. The molecule has 280 valence electrons. The number of ketones is 1. The van der Waals surface area contributed by atoms with E-state index in [0.29, 0.717) is 11.1 Å². The standard InChI is InChI=1S/C40H25Cl2F5N2O6/c1-17-15-20(9-14-25(17)50)27-22-12-13-23-26(36(53)48(35(23)52)21-10-7-19(8-11-21)34(51)18-5-3-2-4-6-18)24(22)16-39(41)37(54)49(38(55)40(27,39)42)33-31(46)29(44)28(43)30(45)32(33)47/h2-12,14-15,23-24,26-27,50H,13,16H2,1H3/t23-,24+,26-,27-,39+,40-/m0/s1. The summed E-state index contributed by atoms with van der Waals surface area (Å²) in [7, 11) is 0. The Hall–Kier alpha value is -5.40. The van der Waals surface area contributed by atoms with Crippen LogP contribution in [0.4, 0.5) is 33.3 Å². The Kier molecular flexibility index (Phi) is 8.36. The summed E-state index contributed by atoms with van der Waals surface area (Å²) >= 11 is 14.3. The van der Waals surface area contributed by atoms with Crippen LogP contribution in [0.3, 0.4) is 0 Å². The number of alkyl halides is 2. The van der Waals surface area contributed by atoms with Gasteiger partial charge in [-0.05, 0) is 67.1 Å². The van der Waals surface area contributed by atoms with Gasteiger partial charge >= 0.3 is 0 Å². The molecule has 4 aromatic carbocycles. The molecule has 15 heteroatoms. The van der Waals surface area contributed by atoms with E-state index in [-0.39, 0.29) is 45.2 Å². The molecule has 0 radical (unpaired) electrons. The molecule has 4 aliphatic rings. The number of phenols is 1. The molecule has 4 amide bonds. The van der Waals surface area contributed by atoms with Crippen molar-refractivity contribution < 1.29 is 51.0 Å². The molecule has 6 atom stereocenters. The van der Waals surface area contributed by atoms with Gasteiger partial charge in [0.15, 0.2) is 38.8 Å². The van der Waals surface area contributed by atoms with Crippen molar-refractivity contribution in [2.24, 2.45) is 17.8 Å². The number of fused-ring (bicyclic) bond motifs is 4. The van der Waals surface area contributed by atoms with E-state index in [0.717, 1.165) is 4.90 Å². The van der Waals surface area contributed by atoms with Crippen LogP contribution in [0.5, 0.6) is 5.75 Å². The number of aryl methyl sites for hydroxylation is 1. The molecule has 3 fully saturated rings. The van der Waals surface area contributed by atoms with Crippen molar-refractivity contribution >= 4 is 64.0 Å². The lowest BCUT2D eigenvalue weighted by Crippen LogP contribution is -2.60. The molecule has 0 aromatic heterocycles. The first-order chi connectivity index (χ1) is 26.0. The van der Waals surface area contributed by atoms with Gasteiger partial charge in [-0.15, -0.1) is 23.2 Å². The minimum atomic E-state index is -2.68. The van der Waals surface area contributed by atoms with E-state index in [1.54, 1.807) is 36.4 Å². The minimum absolute atomic E-state index is 0.0541. The maximum absolute atomic E-state index is 15.3. The van der Waals surface area contributed by atoms with Gasteiger partial charge < -0.3 is 5.11 Å². The summed E-state index contributed by atoms with van der Waals surface area (Å²) in [6, 6.07) is 18.3. The van der Waals surface area contributed by atoms with Crippen LogP contribution in [0.1, 0.15) is 45.8 Å². The Bertz CT molecular complexity index is 2420. The van der Waals surface area contributed by atoms with E-state index in [1.807, 2.05) is 0 Å². The highest BCUT2D eigenvalue weighted by atomic mass is 35.5. The lowest BCUT2D eigenvalue weighted by Gasteiger charge is -2.50. The average molecular weight is 796 g/mol. The number of carbonyl (C=O) groups excluding carboxylic acids is 5. The van der Waals surface area contributed by atoms with Gasteiger partial charge in [-0.1, -0.05) is 54.1 Å². The highest BCUT2D eigenvalue weighted by molar-refractivity contribution is 6.58. The third kappa shape index (κ3) is 4.91. The number of rotatable bonds is 5. The fourth-order valence-corrected chi connectivity index (χ4v) is 9.51. The smallest absolute Gasteiger partial charge is 0.258 e. The maximum Gasteiger partial charge on any atom is 0.258 e. The Balaban J connectivity index is 1.23. The van der Waals surface area contributed by atoms with Crippen LogP contribution in [0.2, 0.25) is 0 Å². The number of halogens is 7. The fourth-order valence-electron chi connectivity index (χ4n) is 8.57. The number of benzene rings is 4. The van der Waals surface area contributed by atoms with E-state index in [2.05, 4.69) is 0 Å². The maximum atomic E-state index is 15.3. The van der Waals surface area contributed by atoms with E-state index in [9.17, 15) is 42.3 Å². The van der Waals surface area contributed by atoms with Crippen molar-refractivity contribution in [3.63, 3.8) is 0 Å². The summed E-state index contributed by atoms with van der Waals surface area (Å²) < 4.78 is 73.6. The van der Waals surface area contributed by atoms with Crippen LogP contribution >= 0.6 is 23.2 Å². The molecule has 2 aliphatic carbocycles. The van der Waals surface area contributed by atoms with Crippen molar-refractivity contribution in [2.75, 3.05) is 9.80 Å². The number of hydrogen-bond donors (Lipinski definition) is 1. The third-order valence-electron chi connectivity index (χ3n) is 11.2. The highest BCUT2D eigenvalue weighted by Gasteiger charge is 2.77. The Morgan fingerprint density at radius 2 is 1.35 bits per heavy atom. The zero-order chi connectivity index (χ0) is 39.5. The van der Waals surface area contributed by atoms with Gasteiger partial charge in [0.1, 0.15) is 11.4 Å². The largest absolute Gasteiger partial charge is 0.508 e. The Labute approximate surface area is 318 Å². The number of amides is 4. The number of aromatic hydroxyl groups is 1. The molecule has 0 spiro atoms. The van der Waals surface area contributed by atoms with Crippen molar-refractivity contribution in [1.29, 1.82) is 0 Å². The highest BCUT2D eigenvalue weighted by Crippen LogP contribution is 2.66. The molecule has 2 saturated heterocycles. The molecular formula is C40H25Cl2F5N2O6. The number of allylic oxidation sites excluding steroid dienone is 2. The molecule has 8 nitrogen and oxygen atoms in total. The summed E-state index contributed by atoms with van der Waals surface area (Å²) in [6.07, 6.45) is 0.863. The predicted octanol–water partition coefficient (Wildman–Crippen LogP) is 7.40. The number of nitrogens with zero attached hydrogens (tertiary/aromatic N) is 2. The SMILES string of the molecule is Cc1cc([C@H]2C3=CC[C@@H]4C(=O)N(c5ccc(C(=O)c6ccccc6)cc5)C(=O)[C@@H]4[C@@H]3C[C@@]3(Cl)C(=O)N(c4c(F)c(F)c(F)c(F)c4F)C(=O)[C@@]23Cl)ccc1O. The van der Waals surface area contributed by atoms with Gasteiger partial charge in [0, 0.05) is 17.0 Å². The van der Waals surface area contributed by atoms with Gasteiger partial charge in [-0.25, -0.2) is 26.9 Å². The number of phenolic OH excluding ortho intramolecular Hbond substituents is 1. The fraction of sp³-hybridized carbons (Fsp3) is 0.225. The van der Waals surface area contributed by atoms with Crippen LogP contribution in [0.25, 0.3) is 0 Å². The normalized spacial score (nSPS) is 27.2. The molecule has 1 N–H and O–H groups in total. The molecule has 0 unspecified atom stereocenters. The van der Waals surface area contributed by atoms with Crippen molar-refractivity contribution in [1.82, 2.24) is 0 Å². The molecule has 2 heterocycles. The third-order valence-corrected chi connectivity index (χ3v) is 12.6. The first kappa shape index (κ1) is 36.6. The van der Waals surface area contributed by atoms with Crippen molar-refractivity contribution in [3.8, 4) is 5.75 Å². The monoisotopic (exact) mass is 794 g/mol. The van der Waals surface area contributed by atoms with Crippen molar-refractivity contribution in [3.05, 3.63) is 136 Å². The second kappa shape index (κ2) is 12.6. The van der Waals surface area contributed by atoms with E-state index in [4.69, 9.17) is 23.2 Å². The molecule has 0 bridgehead atoms. The zero-order valence-electron chi connectivity index (χ0n) is 28.3. The lowest BCUT2D eigenvalue weighted by molar-refractivity contribution is -0.125. The number of imide groups is 2. The average Bonchev–Trinajstić information content (AvgIpc) is 3.52.